The van der Waals surface area contributed by atoms with E-state index < -0.39 is 58.9 Å². The minimum atomic E-state index is -1.49. The molecule has 0 radical (unpaired) electrons. The van der Waals surface area contributed by atoms with E-state index in [0.717, 1.165) is 16.1 Å². The van der Waals surface area contributed by atoms with E-state index >= 15 is 0 Å². The summed E-state index contributed by atoms with van der Waals surface area (Å²) in [5.41, 5.74) is 0.720. The van der Waals surface area contributed by atoms with Crippen LogP contribution in [0.25, 0.3) is 22.3 Å². The number of methoxy groups -OCH3 is 1. The normalized spacial score (nSPS) is 22.4. The van der Waals surface area contributed by atoms with E-state index in [1.165, 1.54) is 29.4 Å². The number of carbonyl (C=O) groups excluding carboxylic acids is 3. The molecule has 1 saturated heterocycles. The third kappa shape index (κ3) is 7.48. The second-order valence-corrected chi connectivity index (χ2v) is 15.0. The van der Waals surface area contributed by atoms with Crippen LogP contribution < -0.4 is 20.7 Å². The molecule has 3 aromatic rings. The van der Waals surface area contributed by atoms with Crippen molar-refractivity contribution in [3.05, 3.63) is 47.9 Å². The Morgan fingerprint density at radius 3 is 2.51 bits per heavy atom. The Kier molecular flexibility index (Phi) is 9.91. The molecule has 14 heteroatoms. The van der Waals surface area contributed by atoms with Crippen molar-refractivity contribution in [3.8, 4) is 17.1 Å². The summed E-state index contributed by atoms with van der Waals surface area (Å²) in [5, 5.41) is 22.0. The molecule has 13 nitrogen and oxygen atoms in total. The third-order valence-corrected chi connectivity index (χ3v) is 9.61. The predicted octanol–water partition coefficient (Wildman–Crippen LogP) is 4.75. The number of amides is 3. The number of rotatable bonds is 11. The largest absolute Gasteiger partial charge is 0.488 e. The molecule has 262 valence electrons. The topological polar surface area (TPSA) is 172 Å². The number of likely N-dealkylation sites (tertiary alicyclic amines) is 1. The lowest BCUT2D eigenvalue weighted by Gasteiger charge is -2.35. The van der Waals surface area contributed by atoms with Crippen LogP contribution in [-0.4, -0.2) is 87.3 Å². The standard InChI is InChI=1S/C35H44N6O7S/c1-9-20-15-35(20,31(44)45)40-29(42)26-13-21(16-41(26)30(43)28(34(5,6)7)39-33(46)47-8)48-27-14-24(25-17-49-32(38-25)36-18(2)3)37-23-12-19(4)10-11-22(23)27/h9-12,14,17-18,20-21,26,28H,1,13,15-16H2,2-8H3,(H,36,38)(H,39,46)(H,40,42)(H,44,45)/t20-,21?,26+,28-,35-/m1/s1. The van der Waals surface area contributed by atoms with Crippen molar-refractivity contribution in [1.29, 1.82) is 0 Å². The number of carboxylic acid groups (broad SMARTS) is 1. The lowest BCUT2D eigenvalue weighted by atomic mass is 9.85. The average molecular weight is 693 g/mol. The lowest BCUT2D eigenvalue weighted by molar-refractivity contribution is -0.146. The molecule has 5 atom stereocenters. The van der Waals surface area contributed by atoms with Gasteiger partial charge in [-0.15, -0.1) is 17.9 Å². The summed E-state index contributed by atoms with van der Waals surface area (Å²) in [4.78, 5) is 63.6. The molecule has 49 heavy (non-hydrogen) atoms. The second-order valence-electron chi connectivity index (χ2n) is 14.1. The molecular formula is C35H44N6O7S. The average Bonchev–Trinajstić information content (AvgIpc) is 3.31. The van der Waals surface area contributed by atoms with Crippen molar-refractivity contribution in [2.75, 3.05) is 19.0 Å². The van der Waals surface area contributed by atoms with Crippen molar-refractivity contribution in [3.63, 3.8) is 0 Å². The summed E-state index contributed by atoms with van der Waals surface area (Å²) in [5.74, 6) is -2.26. The molecule has 0 spiro atoms. The number of nitrogens with one attached hydrogen (secondary N) is 3. The zero-order valence-electron chi connectivity index (χ0n) is 28.8. The molecule has 1 aliphatic carbocycles. The van der Waals surface area contributed by atoms with Gasteiger partial charge in [0.25, 0.3) is 0 Å². The van der Waals surface area contributed by atoms with E-state index in [-0.39, 0.29) is 25.4 Å². The maximum absolute atomic E-state index is 14.2. The minimum absolute atomic E-state index is 0.00147. The summed E-state index contributed by atoms with van der Waals surface area (Å²) in [6, 6.07) is 5.70. The Balaban J connectivity index is 1.50. The highest BCUT2D eigenvalue weighted by Gasteiger charge is 2.61. The number of aromatic nitrogens is 2. The molecule has 2 aromatic heterocycles. The Bertz CT molecular complexity index is 1790. The van der Waals surface area contributed by atoms with E-state index in [2.05, 4.69) is 22.5 Å². The van der Waals surface area contributed by atoms with Gasteiger partial charge in [0, 0.05) is 35.2 Å². The van der Waals surface area contributed by atoms with Gasteiger partial charge in [-0.1, -0.05) is 32.9 Å². The first-order chi connectivity index (χ1) is 23.1. The monoisotopic (exact) mass is 692 g/mol. The van der Waals surface area contributed by atoms with Crippen LogP contribution in [0.3, 0.4) is 0 Å². The highest BCUT2D eigenvalue weighted by atomic mass is 32.1. The van der Waals surface area contributed by atoms with Crippen molar-refractivity contribution in [1.82, 2.24) is 25.5 Å². The van der Waals surface area contributed by atoms with E-state index in [4.69, 9.17) is 19.4 Å². The predicted molar refractivity (Wildman–Crippen MR) is 186 cm³/mol. The molecule has 3 amide bonds. The quantitative estimate of drug-likeness (QED) is 0.206. The van der Waals surface area contributed by atoms with Crippen LogP contribution in [0, 0.1) is 18.3 Å². The number of ether oxygens (including phenoxy) is 2. The molecular weight excluding hydrogens is 648 g/mol. The number of thiazole rings is 1. The zero-order chi connectivity index (χ0) is 35.8. The highest BCUT2D eigenvalue weighted by molar-refractivity contribution is 7.14. The van der Waals surface area contributed by atoms with Crippen molar-refractivity contribution >= 4 is 51.2 Å². The van der Waals surface area contributed by atoms with Gasteiger partial charge in [-0.05, 0) is 50.3 Å². The van der Waals surface area contributed by atoms with Crippen molar-refractivity contribution in [2.24, 2.45) is 11.3 Å². The fourth-order valence-electron chi connectivity index (χ4n) is 6.10. The van der Waals surface area contributed by atoms with Gasteiger partial charge in [-0.25, -0.2) is 19.6 Å². The van der Waals surface area contributed by atoms with Crippen LogP contribution in [-0.2, 0) is 19.1 Å². The minimum Gasteiger partial charge on any atom is -0.488 e. The highest BCUT2D eigenvalue weighted by Crippen LogP contribution is 2.45. The molecule has 5 rings (SSSR count). The van der Waals surface area contributed by atoms with Gasteiger partial charge >= 0.3 is 12.1 Å². The van der Waals surface area contributed by atoms with Crippen molar-refractivity contribution < 1.29 is 33.8 Å². The number of hydrogen-bond donors (Lipinski definition) is 4. The third-order valence-electron chi connectivity index (χ3n) is 8.84. The number of aryl methyl sites for hydroxylation is 1. The van der Waals surface area contributed by atoms with Gasteiger partial charge in [-0.2, -0.15) is 0 Å². The maximum Gasteiger partial charge on any atom is 0.407 e. The molecule has 3 heterocycles. The summed E-state index contributed by atoms with van der Waals surface area (Å²) in [6.45, 7) is 15.1. The number of aliphatic carboxylic acids is 1. The van der Waals surface area contributed by atoms with Crippen LogP contribution in [0.4, 0.5) is 9.93 Å². The number of benzene rings is 1. The maximum atomic E-state index is 14.2. The number of anilines is 1. The number of carbonyl (C=O) groups is 4. The smallest absolute Gasteiger partial charge is 0.407 e. The first kappa shape index (κ1) is 35.6. The fraction of sp³-hybridized carbons (Fsp3) is 0.486. The number of pyridine rings is 1. The molecule has 1 unspecified atom stereocenters. The molecule has 4 N–H and O–H groups in total. The van der Waals surface area contributed by atoms with E-state index in [1.807, 2.05) is 44.4 Å². The SMILES string of the molecule is C=C[C@@H]1C[C@]1(NC(=O)[C@@H]1CC(Oc2cc(-c3csc(NC(C)C)n3)nc3cc(C)ccc23)CN1C(=O)[C@@H](NC(=O)OC)C(C)(C)C)C(=O)O. The Labute approximate surface area is 289 Å². The second kappa shape index (κ2) is 13.7. The van der Waals surface area contributed by atoms with Crippen LogP contribution in [0.5, 0.6) is 5.75 Å². The van der Waals surface area contributed by atoms with Gasteiger partial charge in [0.1, 0.15) is 35.2 Å². The summed E-state index contributed by atoms with van der Waals surface area (Å²) < 4.78 is 11.4. The summed E-state index contributed by atoms with van der Waals surface area (Å²) in [6.07, 6.45) is 0.319. The summed E-state index contributed by atoms with van der Waals surface area (Å²) >= 11 is 1.47. The Morgan fingerprint density at radius 2 is 1.90 bits per heavy atom. The van der Waals surface area contributed by atoms with Gasteiger partial charge in [-0.3, -0.25) is 9.59 Å². The molecule has 1 saturated carbocycles. The first-order valence-corrected chi connectivity index (χ1v) is 17.1. The first-order valence-electron chi connectivity index (χ1n) is 16.2. The Morgan fingerprint density at radius 1 is 1.16 bits per heavy atom. The fourth-order valence-corrected chi connectivity index (χ4v) is 6.96. The zero-order valence-corrected chi connectivity index (χ0v) is 29.6. The van der Waals surface area contributed by atoms with Crippen LogP contribution in [0.2, 0.25) is 0 Å². The molecule has 1 aromatic carbocycles. The summed E-state index contributed by atoms with van der Waals surface area (Å²) in [7, 11) is 1.20. The molecule has 2 fully saturated rings. The Hall–Kier alpha value is -4.72. The number of hydrogen-bond acceptors (Lipinski definition) is 10. The van der Waals surface area contributed by atoms with Gasteiger partial charge in [0.05, 0.1) is 24.9 Å². The van der Waals surface area contributed by atoms with Crippen LogP contribution in [0.15, 0.2) is 42.3 Å². The molecule has 2 aliphatic rings. The lowest BCUT2D eigenvalue weighted by Crippen LogP contribution is -2.59. The number of alkyl carbamates (subject to hydrolysis) is 1. The van der Waals surface area contributed by atoms with E-state index in [0.29, 0.717) is 22.7 Å². The number of fused-ring (bicyclic) bond motifs is 1. The van der Waals surface area contributed by atoms with Gasteiger partial charge in [0.15, 0.2) is 5.13 Å². The van der Waals surface area contributed by atoms with Gasteiger partial charge < -0.3 is 35.4 Å². The molecule has 0 bridgehead atoms. The number of carboxylic acids is 1. The van der Waals surface area contributed by atoms with Gasteiger partial charge in [0.2, 0.25) is 11.8 Å². The van der Waals surface area contributed by atoms with Crippen LogP contribution >= 0.6 is 11.3 Å². The van der Waals surface area contributed by atoms with Crippen LogP contribution in [0.1, 0.15) is 53.0 Å². The molecule has 1 aliphatic heterocycles. The van der Waals surface area contributed by atoms with E-state index in [1.54, 1.807) is 26.8 Å². The van der Waals surface area contributed by atoms with Crippen molar-refractivity contribution in [2.45, 2.75) is 84.2 Å². The number of nitrogens with zero attached hydrogens (tertiary/aromatic N) is 3. The van der Waals surface area contributed by atoms with E-state index in [9.17, 15) is 24.3 Å².